The number of carbonyl (C=O) groups is 2. The first-order valence-corrected chi connectivity index (χ1v) is 8.38. The molecule has 0 heterocycles. The zero-order valence-corrected chi connectivity index (χ0v) is 20.6. The van der Waals surface area contributed by atoms with Crippen molar-refractivity contribution in [3.63, 3.8) is 0 Å². The second-order valence-electron chi connectivity index (χ2n) is 5.62. The van der Waals surface area contributed by atoms with Crippen molar-refractivity contribution in [1.29, 1.82) is 0 Å². The molecule has 144 valence electrons. The number of unbranched alkanes of at least 4 members (excludes halogenated alkanes) is 2. The minimum atomic E-state index is -0.689. The molecule has 2 amide bonds. The van der Waals surface area contributed by atoms with E-state index in [1.807, 2.05) is 0 Å². The number of hydrogen-bond acceptors (Lipinski definition) is 6. The molecule has 2 aromatic carbocycles. The summed E-state index contributed by atoms with van der Waals surface area (Å²) in [5, 5.41) is 16.9. The van der Waals surface area contributed by atoms with Crippen LogP contribution in [-0.4, -0.2) is 35.4 Å². The van der Waals surface area contributed by atoms with E-state index in [1.165, 1.54) is 0 Å². The van der Waals surface area contributed by atoms with E-state index in [2.05, 4.69) is 11.0 Å². The Kier molecular flexibility index (Phi) is 15.1. The fourth-order valence-corrected chi connectivity index (χ4v) is 2.26. The minimum Gasteiger partial charge on any atom is -0.530 e. The van der Waals surface area contributed by atoms with Crippen LogP contribution in [0.25, 0.3) is 11.0 Å². The summed E-state index contributed by atoms with van der Waals surface area (Å²) < 4.78 is 11.2. The Morgan fingerprint density at radius 3 is 1.31 bits per heavy atom. The van der Waals surface area contributed by atoms with E-state index in [1.54, 1.807) is 48.5 Å². The normalized spacial score (nSPS) is 9.45. The summed E-state index contributed by atoms with van der Waals surface area (Å²) in [6, 6.07) is 12.8. The second-order valence-corrected chi connectivity index (χ2v) is 5.62. The standard InChI is InChI=1S/C19H22N2O6.2Na/c22-18(20-24)14-4-8-16(9-5-14)26-12-2-1-3-13-27-17-10-6-15(7-11-17)19(23)21-25;;/h4-11H,1-3,12-13H2,(H4,20,21,22,23,24,25);;/q;2*+1/p-2. The molecule has 0 aliphatic rings. The first kappa shape index (κ1) is 27.9. The van der Waals surface area contributed by atoms with E-state index in [4.69, 9.17) is 19.9 Å². The van der Waals surface area contributed by atoms with Crippen molar-refractivity contribution in [1.82, 2.24) is 0 Å². The van der Waals surface area contributed by atoms with Gasteiger partial charge in [0.2, 0.25) is 0 Å². The van der Waals surface area contributed by atoms with Crippen LogP contribution in [0.5, 0.6) is 11.5 Å². The molecule has 0 fully saturated rings. The quantitative estimate of drug-likeness (QED) is 0.202. The van der Waals surface area contributed by atoms with Gasteiger partial charge in [-0.2, -0.15) is 0 Å². The molecule has 0 aromatic heterocycles. The molecular formula is C19H20N2Na2O6. The molecule has 0 radical (unpaired) electrons. The molecule has 2 aromatic rings. The summed E-state index contributed by atoms with van der Waals surface area (Å²) in [6.07, 6.45) is 2.61. The monoisotopic (exact) mass is 418 g/mol. The molecular weight excluding hydrogens is 398 g/mol. The van der Waals surface area contributed by atoms with Gasteiger partial charge in [0.15, 0.2) is 0 Å². The molecule has 29 heavy (non-hydrogen) atoms. The average Bonchev–Trinajstić information content (AvgIpc) is 2.72. The molecule has 0 bridgehead atoms. The molecule has 0 aliphatic heterocycles. The topological polar surface area (TPSA) is 121 Å². The number of ether oxygens (including phenoxy) is 2. The number of carbonyl (C=O) groups excluding carboxylic acids is 2. The molecule has 0 aliphatic carbocycles. The Morgan fingerprint density at radius 2 is 1.00 bits per heavy atom. The van der Waals surface area contributed by atoms with Crippen LogP contribution in [0.2, 0.25) is 0 Å². The van der Waals surface area contributed by atoms with Gasteiger partial charge in [-0.25, -0.2) is 0 Å². The van der Waals surface area contributed by atoms with Crippen molar-refractivity contribution < 1.29 is 88.6 Å². The third kappa shape index (κ3) is 9.97. The van der Waals surface area contributed by atoms with Crippen molar-refractivity contribution in [2.24, 2.45) is 0 Å². The molecule has 8 nitrogen and oxygen atoms in total. The summed E-state index contributed by atoms with van der Waals surface area (Å²) in [5.41, 5.74) is 5.81. The number of hydroxylamine groups is 2. The van der Waals surface area contributed by atoms with Gasteiger partial charge in [-0.3, -0.25) is 0 Å². The number of nitrogens with zero attached hydrogens (tertiary/aromatic N) is 2. The van der Waals surface area contributed by atoms with Gasteiger partial charge in [0.05, 0.1) is 13.2 Å². The Labute approximate surface area is 213 Å². The summed E-state index contributed by atoms with van der Waals surface area (Å²) in [7, 11) is 0. The van der Waals surface area contributed by atoms with Gasteiger partial charge in [-0.1, -0.05) is 0 Å². The summed E-state index contributed by atoms with van der Waals surface area (Å²) in [6.45, 7) is 1.08. The van der Waals surface area contributed by atoms with E-state index < -0.39 is 11.8 Å². The van der Waals surface area contributed by atoms with Crippen molar-refractivity contribution in [2.45, 2.75) is 19.3 Å². The number of amides is 2. The maximum atomic E-state index is 11.1. The van der Waals surface area contributed by atoms with Crippen LogP contribution < -0.4 is 68.6 Å². The fourth-order valence-electron chi connectivity index (χ4n) is 2.26. The Hall–Kier alpha value is -1.10. The largest absolute Gasteiger partial charge is 1.00 e. The molecule has 0 saturated carbocycles. The van der Waals surface area contributed by atoms with E-state index >= 15 is 0 Å². The van der Waals surface area contributed by atoms with Crippen LogP contribution in [-0.2, 0) is 0 Å². The molecule has 2 rings (SSSR count). The first-order valence-electron chi connectivity index (χ1n) is 8.38. The number of benzene rings is 2. The second kappa shape index (κ2) is 15.7. The molecule has 0 atom stereocenters. The molecule has 10 heteroatoms. The van der Waals surface area contributed by atoms with Gasteiger partial charge < -0.3 is 40.4 Å². The summed E-state index contributed by atoms with van der Waals surface area (Å²) in [5.74, 6) is -0.0904. The third-order valence-corrected chi connectivity index (χ3v) is 3.71. The van der Waals surface area contributed by atoms with Crippen molar-refractivity contribution >= 4 is 11.8 Å². The van der Waals surface area contributed by atoms with Gasteiger partial charge in [0.25, 0.3) is 0 Å². The number of hydrogen-bond donors (Lipinski definition) is 2. The third-order valence-electron chi connectivity index (χ3n) is 3.71. The SMILES string of the molecule is O=C([N-]O)c1ccc(OCCCCCOc2ccc(C(=O)[N-]O)cc2)cc1.[Na+].[Na+]. The van der Waals surface area contributed by atoms with Gasteiger partial charge in [0, 0.05) is 11.1 Å². The van der Waals surface area contributed by atoms with E-state index in [9.17, 15) is 9.59 Å². The Bertz CT molecular complexity index is 678. The average molecular weight is 418 g/mol. The van der Waals surface area contributed by atoms with Crippen molar-refractivity contribution in [2.75, 3.05) is 13.2 Å². The van der Waals surface area contributed by atoms with Crippen LogP contribution in [0, 0.1) is 0 Å². The zero-order valence-electron chi connectivity index (χ0n) is 16.6. The number of rotatable bonds is 10. The van der Waals surface area contributed by atoms with Crippen molar-refractivity contribution in [3.8, 4) is 11.5 Å². The van der Waals surface area contributed by atoms with Crippen LogP contribution in [0.4, 0.5) is 0 Å². The van der Waals surface area contributed by atoms with Crippen LogP contribution >= 0.6 is 0 Å². The van der Waals surface area contributed by atoms with Gasteiger partial charge in [0.1, 0.15) is 23.3 Å². The predicted molar refractivity (Wildman–Crippen MR) is 96.7 cm³/mol. The predicted octanol–water partition coefficient (Wildman–Crippen LogP) is -1.87. The Morgan fingerprint density at radius 1 is 0.655 bits per heavy atom. The molecule has 0 unspecified atom stereocenters. The Balaban J connectivity index is 0.00000392. The van der Waals surface area contributed by atoms with Gasteiger partial charge >= 0.3 is 59.1 Å². The smallest absolute Gasteiger partial charge is 0.530 e. The summed E-state index contributed by atoms with van der Waals surface area (Å²) in [4.78, 5) is 22.3. The van der Waals surface area contributed by atoms with Crippen molar-refractivity contribution in [3.05, 3.63) is 70.6 Å². The maximum absolute atomic E-state index is 11.1. The van der Waals surface area contributed by atoms with E-state index in [0.717, 1.165) is 19.3 Å². The van der Waals surface area contributed by atoms with Crippen LogP contribution in [0.1, 0.15) is 40.0 Å². The van der Waals surface area contributed by atoms with E-state index in [0.29, 0.717) is 35.8 Å². The van der Waals surface area contributed by atoms with Crippen LogP contribution in [0.15, 0.2) is 48.5 Å². The molecule has 0 spiro atoms. The van der Waals surface area contributed by atoms with Crippen LogP contribution in [0.3, 0.4) is 0 Å². The fraction of sp³-hybridized carbons (Fsp3) is 0.263. The van der Waals surface area contributed by atoms with Gasteiger partial charge in [-0.15, -0.1) is 0 Å². The zero-order chi connectivity index (χ0) is 19.5. The molecule has 0 saturated heterocycles. The first-order chi connectivity index (χ1) is 13.1. The van der Waals surface area contributed by atoms with Gasteiger partial charge in [-0.05, 0) is 67.8 Å². The summed E-state index contributed by atoms with van der Waals surface area (Å²) >= 11 is 0. The molecule has 2 N–H and O–H groups in total. The van der Waals surface area contributed by atoms with E-state index in [-0.39, 0.29) is 59.1 Å². The maximum Gasteiger partial charge on any atom is 1.00 e. The minimum absolute atomic E-state index is 0.